The Morgan fingerprint density at radius 1 is 0.583 bits per heavy atom. The third kappa shape index (κ3) is 3.53. The molecule has 0 heterocycles. The molecule has 0 bridgehead atoms. The first-order valence-electron chi connectivity index (χ1n) is 9.34. The van der Waals surface area contributed by atoms with Crippen molar-refractivity contribution < 1.29 is 0 Å². The van der Waals surface area contributed by atoms with Crippen molar-refractivity contribution in [2.75, 3.05) is 0 Å². The summed E-state index contributed by atoms with van der Waals surface area (Å²) in [6.07, 6.45) is 12.5. The topological polar surface area (TPSA) is 0 Å². The van der Waals surface area contributed by atoms with Crippen LogP contribution in [0.15, 0.2) is 84.0 Å². The average molecular weight is 314 g/mol. The van der Waals surface area contributed by atoms with Crippen LogP contribution in [0.25, 0.3) is 0 Å². The second-order valence-electron chi connectivity index (χ2n) is 7.30. The van der Waals surface area contributed by atoms with Crippen LogP contribution in [0.1, 0.15) is 36.8 Å². The molecule has 122 valence electrons. The van der Waals surface area contributed by atoms with E-state index in [0.29, 0.717) is 0 Å². The van der Waals surface area contributed by atoms with Gasteiger partial charge in [-0.15, -0.1) is 0 Å². The molecule has 0 saturated heterocycles. The van der Waals surface area contributed by atoms with Gasteiger partial charge in [0.25, 0.3) is 0 Å². The largest absolute Gasteiger partial charge is 0.0844 e. The number of hydrogen-bond acceptors (Lipinski definition) is 0. The van der Waals surface area contributed by atoms with Crippen molar-refractivity contribution in [3.63, 3.8) is 0 Å². The minimum Gasteiger partial charge on any atom is -0.0844 e. The van der Waals surface area contributed by atoms with E-state index in [-0.39, 0.29) is 0 Å². The van der Waals surface area contributed by atoms with Gasteiger partial charge in [-0.25, -0.2) is 0 Å². The van der Waals surface area contributed by atoms with Crippen LogP contribution in [-0.4, -0.2) is 0 Å². The number of hydrogen-bond donors (Lipinski definition) is 0. The molecular formula is C24H26. The van der Waals surface area contributed by atoms with E-state index in [9.17, 15) is 0 Å². The fraction of sp³-hybridized carbons (Fsp3) is 0.333. The minimum absolute atomic E-state index is 0.792. The Hall–Kier alpha value is -2.08. The first kappa shape index (κ1) is 15.4. The Morgan fingerprint density at radius 2 is 1.00 bits per heavy atom. The predicted molar refractivity (Wildman–Crippen MR) is 102 cm³/mol. The summed E-state index contributed by atoms with van der Waals surface area (Å²) in [5.41, 5.74) is 6.37. The van der Waals surface area contributed by atoms with Crippen molar-refractivity contribution in [2.45, 2.75) is 38.5 Å². The van der Waals surface area contributed by atoms with Gasteiger partial charge >= 0.3 is 0 Å². The molecule has 0 radical (unpaired) electrons. The number of rotatable bonds is 7. The van der Waals surface area contributed by atoms with Crippen molar-refractivity contribution >= 4 is 0 Å². The van der Waals surface area contributed by atoms with E-state index in [2.05, 4.69) is 72.8 Å². The standard InChI is InChI=1S/C24H26/c1-3-7-19(8-4-1)17-23-15-13-21(23)11-12-22-14-16-24(22)18-20-9-5-2-6-10-20/h1-10,13-14,23-24H,11-12,15-18H2. The van der Waals surface area contributed by atoms with E-state index < -0.39 is 0 Å². The molecule has 24 heavy (non-hydrogen) atoms. The molecule has 0 fully saturated rings. The molecule has 2 aromatic carbocycles. The summed E-state index contributed by atoms with van der Waals surface area (Å²) in [7, 11) is 0. The molecule has 2 atom stereocenters. The summed E-state index contributed by atoms with van der Waals surface area (Å²) in [5, 5.41) is 0. The van der Waals surface area contributed by atoms with Crippen molar-refractivity contribution in [2.24, 2.45) is 11.8 Å². The Kier molecular flexibility index (Phi) is 4.64. The fourth-order valence-corrected chi connectivity index (χ4v) is 4.03. The average Bonchev–Trinajstić information content (AvgIpc) is 2.61. The Bertz CT molecular complexity index is 656. The number of allylic oxidation sites excluding steroid dienone is 4. The normalized spacial score (nSPS) is 22.2. The minimum atomic E-state index is 0.792. The number of benzene rings is 2. The third-order valence-electron chi connectivity index (χ3n) is 5.73. The van der Waals surface area contributed by atoms with Crippen LogP contribution in [0.4, 0.5) is 0 Å². The maximum atomic E-state index is 2.47. The lowest BCUT2D eigenvalue weighted by Gasteiger charge is -2.31. The van der Waals surface area contributed by atoms with Crippen molar-refractivity contribution in [1.82, 2.24) is 0 Å². The van der Waals surface area contributed by atoms with Crippen molar-refractivity contribution in [3.05, 3.63) is 95.1 Å². The van der Waals surface area contributed by atoms with Crippen molar-refractivity contribution in [3.8, 4) is 0 Å². The Morgan fingerprint density at radius 3 is 1.33 bits per heavy atom. The molecule has 2 unspecified atom stereocenters. The molecule has 0 heteroatoms. The van der Waals surface area contributed by atoms with E-state index in [0.717, 1.165) is 11.8 Å². The van der Waals surface area contributed by atoms with Crippen LogP contribution in [0.5, 0.6) is 0 Å². The summed E-state index contributed by atoms with van der Waals surface area (Å²) < 4.78 is 0. The molecule has 4 rings (SSSR count). The molecular weight excluding hydrogens is 288 g/mol. The smallest absolute Gasteiger partial charge is 0.0128 e. The predicted octanol–water partition coefficient (Wildman–Crippen LogP) is 6.14. The highest BCUT2D eigenvalue weighted by atomic mass is 14.3. The molecule has 0 amide bonds. The van der Waals surface area contributed by atoms with Gasteiger partial charge in [-0.3, -0.25) is 0 Å². The van der Waals surface area contributed by atoms with Crippen LogP contribution in [0.3, 0.4) is 0 Å². The van der Waals surface area contributed by atoms with Crippen LogP contribution in [-0.2, 0) is 12.8 Å². The lowest BCUT2D eigenvalue weighted by Crippen LogP contribution is -2.19. The van der Waals surface area contributed by atoms with E-state index in [1.807, 2.05) is 0 Å². The lowest BCUT2D eigenvalue weighted by atomic mass is 9.74. The first-order valence-corrected chi connectivity index (χ1v) is 9.34. The van der Waals surface area contributed by atoms with Gasteiger partial charge in [0.05, 0.1) is 0 Å². The van der Waals surface area contributed by atoms with E-state index in [1.165, 1.54) is 49.7 Å². The Labute approximate surface area is 145 Å². The van der Waals surface area contributed by atoms with Gasteiger partial charge < -0.3 is 0 Å². The van der Waals surface area contributed by atoms with Gasteiger partial charge in [-0.05, 0) is 61.5 Å². The van der Waals surface area contributed by atoms with E-state index >= 15 is 0 Å². The molecule has 0 spiro atoms. The molecule has 2 aromatic rings. The maximum absolute atomic E-state index is 2.47. The lowest BCUT2D eigenvalue weighted by molar-refractivity contribution is 0.497. The summed E-state index contributed by atoms with van der Waals surface area (Å²) >= 11 is 0. The maximum Gasteiger partial charge on any atom is -0.0128 e. The highest BCUT2D eigenvalue weighted by Crippen LogP contribution is 2.39. The monoisotopic (exact) mass is 314 g/mol. The van der Waals surface area contributed by atoms with Gasteiger partial charge in [0.2, 0.25) is 0 Å². The van der Waals surface area contributed by atoms with E-state index in [4.69, 9.17) is 0 Å². The second kappa shape index (κ2) is 7.21. The SMILES string of the molecule is C1=C(CCC2=CCC2Cc2ccccc2)C(Cc2ccccc2)C1. The molecule has 0 saturated carbocycles. The van der Waals surface area contributed by atoms with Crippen molar-refractivity contribution in [1.29, 1.82) is 0 Å². The van der Waals surface area contributed by atoms with Gasteiger partial charge in [0.15, 0.2) is 0 Å². The highest BCUT2D eigenvalue weighted by molar-refractivity contribution is 5.28. The van der Waals surface area contributed by atoms with Crippen LogP contribution < -0.4 is 0 Å². The second-order valence-corrected chi connectivity index (χ2v) is 7.30. The molecule has 0 nitrogen and oxygen atoms in total. The highest BCUT2D eigenvalue weighted by Gasteiger charge is 2.25. The summed E-state index contributed by atoms with van der Waals surface area (Å²) in [6, 6.07) is 21.9. The summed E-state index contributed by atoms with van der Waals surface area (Å²) in [4.78, 5) is 0. The Balaban J connectivity index is 1.25. The van der Waals surface area contributed by atoms with E-state index in [1.54, 1.807) is 11.1 Å². The van der Waals surface area contributed by atoms with Crippen LogP contribution >= 0.6 is 0 Å². The van der Waals surface area contributed by atoms with Gasteiger partial charge in [0.1, 0.15) is 0 Å². The summed E-state index contributed by atoms with van der Waals surface area (Å²) in [6.45, 7) is 0. The van der Waals surface area contributed by atoms with Crippen LogP contribution in [0.2, 0.25) is 0 Å². The third-order valence-corrected chi connectivity index (χ3v) is 5.73. The zero-order chi connectivity index (χ0) is 16.2. The van der Waals surface area contributed by atoms with Gasteiger partial charge in [-0.1, -0.05) is 84.0 Å². The molecule has 0 aromatic heterocycles. The molecule has 2 aliphatic carbocycles. The van der Waals surface area contributed by atoms with Gasteiger partial charge in [0, 0.05) is 0 Å². The summed E-state index contributed by atoms with van der Waals surface area (Å²) in [5.74, 6) is 1.58. The quantitative estimate of drug-likeness (QED) is 0.538. The van der Waals surface area contributed by atoms with Crippen LogP contribution in [0, 0.1) is 11.8 Å². The first-order chi connectivity index (χ1) is 11.9. The van der Waals surface area contributed by atoms with Gasteiger partial charge in [-0.2, -0.15) is 0 Å². The zero-order valence-electron chi connectivity index (χ0n) is 14.3. The molecule has 0 N–H and O–H groups in total. The fourth-order valence-electron chi connectivity index (χ4n) is 4.03. The molecule has 0 aliphatic heterocycles. The molecule has 2 aliphatic rings. The zero-order valence-corrected chi connectivity index (χ0v) is 14.3.